The quantitative estimate of drug-likeness (QED) is 0.396. The number of ether oxygens (including phenoxy) is 1. The normalized spacial score (nSPS) is 10.9. The summed E-state index contributed by atoms with van der Waals surface area (Å²) < 4.78 is 4.60. The van der Waals surface area contributed by atoms with Crippen LogP contribution < -0.4 is 0 Å². The van der Waals surface area contributed by atoms with Gasteiger partial charge in [-0.3, -0.25) is 4.79 Å². The van der Waals surface area contributed by atoms with E-state index in [0.29, 0.717) is 29.5 Å². The minimum atomic E-state index is -0.309. The first kappa shape index (κ1) is 21.6. The van der Waals surface area contributed by atoms with Gasteiger partial charge in [-0.25, -0.2) is 0 Å². The lowest BCUT2D eigenvalue weighted by Gasteiger charge is -2.15. The highest BCUT2D eigenvalue weighted by molar-refractivity contribution is 6.33. The van der Waals surface area contributed by atoms with E-state index in [9.17, 15) is 20.1 Å². The molecular weight excluding hydrogens is 344 g/mol. The zero-order valence-corrected chi connectivity index (χ0v) is 15.9. The van der Waals surface area contributed by atoms with Crippen molar-refractivity contribution in [2.75, 3.05) is 7.11 Å². The SMILES string of the molecule is COC(=O)CCCCCCCCCc1c(O)c(Cl)c(C)c(CO)c1O. The summed E-state index contributed by atoms with van der Waals surface area (Å²) in [5.74, 6) is -0.292. The molecule has 0 atom stereocenters. The minimum Gasteiger partial charge on any atom is -0.507 e. The molecule has 0 fully saturated rings. The Bertz CT molecular complexity index is 572. The minimum absolute atomic E-state index is 0.0512. The maximum atomic E-state index is 11.0. The summed E-state index contributed by atoms with van der Waals surface area (Å²) in [5.41, 5.74) is 1.30. The van der Waals surface area contributed by atoms with Crippen molar-refractivity contribution in [3.8, 4) is 11.5 Å². The van der Waals surface area contributed by atoms with E-state index in [2.05, 4.69) is 4.74 Å². The molecule has 0 aliphatic rings. The monoisotopic (exact) mass is 372 g/mol. The molecule has 0 aliphatic heterocycles. The molecule has 1 aromatic carbocycles. The van der Waals surface area contributed by atoms with Crippen molar-refractivity contribution < 1.29 is 24.9 Å². The number of esters is 1. The molecule has 6 heteroatoms. The predicted octanol–water partition coefficient (Wildman–Crippen LogP) is 4.39. The molecule has 25 heavy (non-hydrogen) atoms. The van der Waals surface area contributed by atoms with Crippen molar-refractivity contribution in [1.82, 2.24) is 0 Å². The molecule has 3 N–H and O–H groups in total. The number of methoxy groups -OCH3 is 1. The lowest BCUT2D eigenvalue weighted by Crippen LogP contribution is -1.99. The van der Waals surface area contributed by atoms with Gasteiger partial charge in [0.05, 0.1) is 18.7 Å². The fourth-order valence-electron chi connectivity index (χ4n) is 2.90. The Kier molecular flexibility index (Phi) is 9.68. The number of benzene rings is 1. The predicted molar refractivity (Wildman–Crippen MR) is 98.1 cm³/mol. The van der Waals surface area contributed by atoms with E-state index in [0.717, 1.165) is 44.9 Å². The van der Waals surface area contributed by atoms with Crippen LogP contribution in [0, 0.1) is 6.92 Å². The number of aliphatic hydroxyl groups is 1. The third kappa shape index (κ3) is 6.40. The van der Waals surface area contributed by atoms with Gasteiger partial charge in [0.15, 0.2) is 0 Å². The largest absolute Gasteiger partial charge is 0.507 e. The molecule has 0 unspecified atom stereocenters. The van der Waals surface area contributed by atoms with Crippen LogP contribution in [0.4, 0.5) is 0 Å². The first-order valence-corrected chi connectivity index (χ1v) is 9.21. The molecule has 1 rings (SSSR count). The maximum absolute atomic E-state index is 11.0. The zero-order valence-electron chi connectivity index (χ0n) is 15.1. The Balaban J connectivity index is 2.33. The van der Waals surface area contributed by atoms with E-state index >= 15 is 0 Å². The molecule has 0 bridgehead atoms. The van der Waals surface area contributed by atoms with Crippen LogP contribution in [0.2, 0.25) is 5.02 Å². The highest BCUT2D eigenvalue weighted by Crippen LogP contribution is 2.41. The molecule has 0 aromatic heterocycles. The summed E-state index contributed by atoms with van der Waals surface area (Å²) in [7, 11) is 1.41. The molecule has 0 amide bonds. The van der Waals surface area contributed by atoms with Gasteiger partial charge in [0.1, 0.15) is 11.5 Å². The van der Waals surface area contributed by atoms with E-state index in [1.54, 1.807) is 6.92 Å². The summed E-state index contributed by atoms with van der Waals surface area (Å²) in [6, 6.07) is 0. The molecule has 5 nitrogen and oxygen atoms in total. The Morgan fingerprint density at radius 2 is 1.52 bits per heavy atom. The molecule has 0 spiro atoms. The highest BCUT2D eigenvalue weighted by atomic mass is 35.5. The van der Waals surface area contributed by atoms with Gasteiger partial charge < -0.3 is 20.1 Å². The fourth-order valence-corrected chi connectivity index (χ4v) is 3.13. The molecule has 0 radical (unpaired) electrons. The summed E-state index contributed by atoms with van der Waals surface area (Å²) in [4.78, 5) is 11.0. The van der Waals surface area contributed by atoms with Gasteiger partial charge in [-0.05, 0) is 31.7 Å². The standard InChI is InChI=1S/C19H29ClO5/c1-13-15(12-21)18(23)14(19(24)17(13)20)10-8-6-4-3-5-7-9-11-16(22)25-2/h21,23-24H,3-12H2,1-2H3. The molecule has 0 aliphatic carbocycles. The number of carbonyl (C=O) groups is 1. The summed E-state index contributed by atoms with van der Waals surface area (Å²) >= 11 is 6.08. The van der Waals surface area contributed by atoms with Crippen LogP contribution in [0.5, 0.6) is 11.5 Å². The van der Waals surface area contributed by atoms with Crippen molar-refractivity contribution in [3.63, 3.8) is 0 Å². The average Bonchev–Trinajstić information content (AvgIpc) is 2.61. The van der Waals surface area contributed by atoms with E-state index in [1.807, 2.05) is 0 Å². The Hall–Kier alpha value is -1.46. The number of aliphatic hydroxyl groups excluding tert-OH is 1. The molecule has 142 valence electrons. The van der Waals surface area contributed by atoms with Crippen molar-refractivity contribution in [2.24, 2.45) is 0 Å². The van der Waals surface area contributed by atoms with Crippen LogP contribution in [0.3, 0.4) is 0 Å². The Morgan fingerprint density at radius 3 is 2.08 bits per heavy atom. The van der Waals surface area contributed by atoms with E-state index in [-0.39, 0.29) is 29.1 Å². The van der Waals surface area contributed by atoms with Crippen LogP contribution in [0.15, 0.2) is 0 Å². The number of phenols is 2. The number of phenolic OH excluding ortho intramolecular Hbond substituents is 1. The van der Waals surface area contributed by atoms with Gasteiger partial charge in [-0.1, -0.05) is 43.7 Å². The van der Waals surface area contributed by atoms with Gasteiger partial charge in [-0.2, -0.15) is 0 Å². The van der Waals surface area contributed by atoms with Crippen LogP contribution in [0.1, 0.15) is 68.1 Å². The van der Waals surface area contributed by atoms with Crippen molar-refractivity contribution in [2.45, 2.75) is 71.3 Å². The second-order valence-electron chi connectivity index (χ2n) is 6.30. The number of carbonyl (C=O) groups excluding carboxylic acids is 1. The lowest BCUT2D eigenvalue weighted by molar-refractivity contribution is -0.140. The number of halogens is 1. The van der Waals surface area contributed by atoms with Gasteiger partial charge in [0, 0.05) is 17.5 Å². The number of rotatable bonds is 11. The van der Waals surface area contributed by atoms with Crippen LogP contribution >= 0.6 is 11.6 Å². The third-order valence-corrected chi connectivity index (χ3v) is 5.00. The van der Waals surface area contributed by atoms with Gasteiger partial charge >= 0.3 is 5.97 Å². The van der Waals surface area contributed by atoms with Gasteiger partial charge in [-0.15, -0.1) is 0 Å². The van der Waals surface area contributed by atoms with E-state index < -0.39 is 0 Å². The van der Waals surface area contributed by atoms with E-state index in [1.165, 1.54) is 7.11 Å². The van der Waals surface area contributed by atoms with Crippen LogP contribution in [-0.4, -0.2) is 28.4 Å². The molecule has 1 aromatic rings. The number of hydrogen-bond acceptors (Lipinski definition) is 5. The van der Waals surface area contributed by atoms with Crippen LogP contribution in [-0.2, 0) is 22.6 Å². The fraction of sp³-hybridized carbons (Fsp3) is 0.632. The molecule has 0 saturated heterocycles. The first-order chi connectivity index (χ1) is 11.9. The Morgan fingerprint density at radius 1 is 0.960 bits per heavy atom. The number of unbranched alkanes of at least 4 members (excludes halogenated alkanes) is 6. The van der Waals surface area contributed by atoms with Gasteiger partial charge in [0.2, 0.25) is 0 Å². The summed E-state index contributed by atoms with van der Waals surface area (Å²) in [6.45, 7) is 1.35. The van der Waals surface area contributed by atoms with Gasteiger partial charge in [0.25, 0.3) is 0 Å². The van der Waals surface area contributed by atoms with Crippen molar-refractivity contribution in [3.05, 3.63) is 21.7 Å². The molecule has 0 saturated carbocycles. The second-order valence-corrected chi connectivity index (χ2v) is 6.68. The summed E-state index contributed by atoms with van der Waals surface area (Å²) in [6.07, 6.45) is 7.93. The number of aromatic hydroxyl groups is 2. The zero-order chi connectivity index (χ0) is 18.8. The van der Waals surface area contributed by atoms with Crippen LogP contribution in [0.25, 0.3) is 0 Å². The Labute approximate surface area is 154 Å². The summed E-state index contributed by atoms with van der Waals surface area (Å²) in [5, 5.41) is 29.9. The molecular formula is C19H29ClO5. The highest BCUT2D eigenvalue weighted by Gasteiger charge is 2.19. The first-order valence-electron chi connectivity index (χ1n) is 8.83. The maximum Gasteiger partial charge on any atom is 0.305 e. The average molecular weight is 373 g/mol. The smallest absolute Gasteiger partial charge is 0.305 e. The second kappa shape index (κ2) is 11.2. The topological polar surface area (TPSA) is 87.0 Å². The van der Waals surface area contributed by atoms with Crippen molar-refractivity contribution in [1.29, 1.82) is 0 Å². The lowest BCUT2D eigenvalue weighted by atomic mass is 9.97. The van der Waals surface area contributed by atoms with E-state index in [4.69, 9.17) is 11.6 Å². The number of hydrogen-bond donors (Lipinski definition) is 3. The van der Waals surface area contributed by atoms with Crippen molar-refractivity contribution >= 4 is 17.6 Å². The molecule has 0 heterocycles. The third-order valence-electron chi connectivity index (χ3n) is 4.54.